The van der Waals surface area contributed by atoms with Crippen LogP contribution in [0.15, 0.2) is 97.8 Å². The minimum absolute atomic E-state index is 0.00249. The van der Waals surface area contributed by atoms with Gasteiger partial charge in [0.2, 0.25) is 23.7 Å². The SMILES string of the molecule is CNC(=O)c1cc(-c2cnc(Nc3cc(OC)cc(OC)c3)nc2-n2ccc(C(F)(F)F)n2)cnc1OC.COc1cc(Nc2ncc(-c3cnc(OC)c(C(=O)O)c3)c(-n3ccc(C(F)(F)F)n3)n2)cc(OC)c1. The van der Waals surface area contributed by atoms with Gasteiger partial charge in [0.05, 0.1) is 42.7 Å². The second-order valence-electron chi connectivity index (χ2n) is 15.0. The normalized spacial score (nSPS) is 11.2. The van der Waals surface area contributed by atoms with Gasteiger partial charge < -0.3 is 49.5 Å². The highest BCUT2D eigenvalue weighted by Gasteiger charge is 2.35. The van der Waals surface area contributed by atoms with Crippen LogP contribution in [0.5, 0.6) is 34.8 Å². The van der Waals surface area contributed by atoms with Crippen molar-refractivity contribution < 1.29 is 69.5 Å². The summed E-state index contributed by atoms with van der Waals surface area (Å²) in [6.07, 6.45) is -1.76. The smallest absolute Gasteiger partial charge is 0.435 e. The van der Waals surface area contributed by atoms with Crippen molar-refractivity contribution in [1.82, 2.24) is 54.8 Å². The van der Waals surface area contributed by atoms with Crippen molar-refractivity contribution >= 4 is 35.1 Å². The van der Waals surface area contributed by atoms with Crippen LogP contribution in [0.4, 0.5) is 49.6 Å². The molecular formula is C47H41F6N13O9. The molecule has 28 heteroatoms. The minimum atomic E-state index is -4.69. The number of alkyl halides is 6. The average molecular weight is 1050 g/mol. The van der Waals surface area contributed by atoms with E-state index >= 15 is 0 Å². The highest BCUT2D eigenvalue weighted by Crippen LogP contribution is 2.35. The lowest BCUT2D eigenvalue weighted by molar-refractivity contribution is -0.142. The van der Waals surface area contributed by atoms with E-state index in [1.165, 1.54) is 86.6 Å². The second-order valence-corrected chi connectivity index (χ2v) is 15.0. The zero-order chi connectivity index (χ0) is 54.2. The summed E-state index contributed by atoms with van der Waals surface area (Å²) in [7, 11) is 10.0. The number of nitrogens with zero attached hydrogens (tertiary/aromatic N) is 10. The first kappa shape index (κ1) is 53.0. The summed E-state index contributed by atoms with van der Waals surface area (Å²) in [5.41, 5.74) is -0.413. The molecule has 4 N–H and O–H groups in total. The molecule has 8 aromatic rings. The van der Waals surface area contributed by atoms with Gasteiger partial charge in [-0.25, -0.2) is 34.1 Å². The van der Waals surface area contributed by atoms with Crippen LogP contribution in [0.2, 0.25) is 0 Å². The van der Waals surface area contributed by atoms with Gasteiger partial charge in [0.15, 0.2) is 23.0 Å². The van der Waals surface area contributed by atoms with Gasteiger partial charge in [0.1, 0.15) is 34.1 Å². The molecule has 0 saturated heterocycles. The predicted molar refractivity (Wildman–Crippen MR) is 254 cm³/mol. The Labute approximate surface area is 420 Å². The number of aromatic nitrogens is 10. The van der Waals surface area contributed by atoms with Crippen LogP contribution in [-0.4, -0.2) is 116 Å². The Kier molecular flexibility index (Phi) is 15.8. The third kappa shape index (κ3) is 12.3. The molecule has 1 amide bonds. The summed E-state index contributed by atoms with van der Waals surface area (Å²) in [5, 5.41) is 25.2. The molecule has 2 aromatic carbocycles. The van der Waals surface area contributed by atoms with Crippen molar-refractivity contribution in [3.05, 3.63) is 120 Å². The molecule has 75 heavy (non-hydrogen) atoms. The largest absolute Gasteiger partial charge is 0.497 e. The Morgan fingerprint density at radius 1 is 0.533 bits per heavy atom. The standard InChI is InChI=1S/C24H22F3N7O4.C23H19F3N6O5/c1-28-21(35)17-7-13(11-29-22(17)38-4)18-12-30-23(31-14-8-15(36-2)10-16(9-14)37-3)32-20(18)34-6-5-19(33-34)24(25,26)27;1-35-14-7-13(8-15(9-14)36-2)29-22-28-11-17(12-6-16(21(33)34)20(37-3)27-10-12)19(30-22)32-5-4-18(31-32)23(24,25)26/h5-12H,1-4H3,(H,28,35)(H,30,31,32);4-11H,1-3H3,(H,33,34)(H,28,29,30). The van der Waals surface area contributed by atoms with Gasteiger partial charge >= 0.3 is 18.3 Å². The summed E-state index contributed by atoms with van der Waals surface area (Å²) >= 11 is 0. The summed E-state index contributed by atoms with van der Waals surface area (Å²) in [4.78, 5) is 49.5. The van der Waals surface area contributed by atoms with Gasteiger partial charge in [0, 0.05) is 114 Å². The number of anilines is 4. The predicted octanol–water partition coefficient (Wildman–Crippen LogP) is 8.08. The van der Waals surface area contributed by atoms with Crippen molar-refractivity contribution in [2.24, 2.45) is 0 Å². The Balaban J connectivity index is 0.000000219. The molecule has 0 radical (unpaired) electrons. The van der Waals surface area contributed by atoms with E-state index in [1.807, 2.05) is 0 Å². The fraction of sp³-hybridized carbons (Fsp3) is 0.191. The second kappa shape index (κ2) is 22.3. The number of methoxy groups -OCH3 is 6. The Morgan fingerprint density at radius 3 is 1.25 bits per heavy atom. The van der Waals surface area contributed by atoms with Crippen LogP contribution in [-0.2, 0) is 12.4 Å². The number of hydrogen-bond acceptors (Lipinski definition) is 18. The van der Waals surface area contributed by atoms with Crippen LogP contribution >= 0.6 is 0 Å². The van der Waals surface area contributed by atoms with Gasteiger partial charge in [-0.05, 0) is 24.3 Å². The first-order valence-electron chi connectivity index (χ1n) is 21.3. The molecule has 0 spiro atoms. The van der Waals surface area contributed by atoms with Crippen molar-refractivity contribution in [3.8, 4) is 68.6 Å². The monoisotopic (exact) mass is 1050 g/mol. The number of nitrogens with one attached hydrogen (secondary N) is 3. The zero-order valence-electron chi connectivity index (χ0n) is 40.2. The molecule has 0 unspecified atom stereocenters. The Bertz CT molecular complexity index is 3330. The van der Waals surface area contributed by atoms with Gasteiger partial charge in [-0.1, -0.05) is 0 Å². The zero-order valence-corrected chi connectivity index (χ0v) is 40.2. The molecule has 6 aromatic heterocycles. The number of benzene rings is 2. The van der Waals surface area contributed by atoms with Crippen molar-refractivity contribution in [2.75, 3.05) is 60.3 Å². The average Bonchev–Trinajstić information content (AvgIpc) is 4.13. The number of carboxylic acids is 1. The van der Waals surface area contributed by atoms with Crippen LogP contribution in [0.3, 0.4) is 0 Å². The van der Waals surface area contributed by atoms with Gasteiger partial charge in [-0.2, -0.15) is 46.5 Å². The molecule has 0 bridgehead atoms. The van der Waals surface area contributed by atoms with Crippen molar-refractivity contribution in [1.29, 1.82) is 0 Å². The molecule has 390 valence electrons. The summed E-state index contributed by atoms with van der Waals surface area (Å²) in [6, 6.07) is 14.3. The number of carbonyl (C=O) groups is 2. The number of aromatic carboxylic acids is 1. The first-order valence-corrected chi connectivity index (χ1v) is 21.3. The highest BCUT2D eigenvalue weighted by atomic mass is 19.4. The Hall–Kier alpha value is -9.76. The summed E-state index contributed by atoms with van der Waals surface area (Å²) < 4.78 is 113. The van der Waals surface area contributed by atoms with Crippen LogP contribution in [0.1, 0.15) is 32.1 Å². The highest BCUT2D eigenvalue weighted by molar-refractivity contribution is 5.97. The lowest BCUT2D eigenvalue weighted by atomic mass is 10.1. The molecule has 8 rings (SSSR count). The number of carbonyl (C=O) groups excluding carboxylic acids is 1. The molecule has 0 fully saturated rings. The van der Waals surface area contributed by atoms with E-state index in [-0.39, 0.29) is 63.1 Å². The van der Waals surface area contributed by atoms with Crippen LogP contribution in [0.25, 0.3) is 33.9 Å². The van der Waals surface area contributed by atoms with E-state index in [9.17, 15) is 41.0 Å². The maximum absolute atomic E-state index is 13.3. The van der Waals surface area contributed by atoms with Crippen LogP contribution < -0.4 is 44.4 Å². The number of ether oxygens (including phenoxy) is 6. The van der Waals surface area contributed by atoms with E-state index in [0.717, 1.165) is 33.9 Å². The molecule has 22 nitrogen and oxygen atoms in total. The molecule has 0 aliphatic heterocycles. The third-order valence-corrected chi connectivity index (χ3v) is 10.4. The molecule has 6 heterocycles. The van der Waals surface area contributed by atoms with Crippen molar-refractivity contribution in [3.63, 3.8) is 0 Å². The van der Waals surface area contributed by atoms with E-state index in [1.54, 1.807) is 36.4 Å². The minimum Gasteiger partial charge on any atom is -0.497 e. The van der Waals surface area contributed by atoms with Gasteiger partial charge in [0.25, 0.3) is 5.91 Å². The number of rotatable bonds is 16. The number of amides is 1. The fourth-order valence-corrected chi connectivity index (χ4v) is 6.80. The molecule has 0 atom stereocenters. The van der Waals surface area contributed by atoms with Gasteiger partial charge in [-0.15, -0.1) is 0 Å². The maximum Gasteiger partial charge on any atom is 0.435 e. The third-order valence-electron chi connectivity index (χ3n) is 10.4. The van der Waals surface area contributed by atoms with E-state index < -0.39 is 35.6 Å². The van der Waals surface area contributed by atoms with E-state index in [0.29, 0.717) is 39.9 Å². The van der Waals surface area contributed by atoms with Crippen molar-refractivity contribution in [2.45, 2.75) is 12.4 Å². The van der Waals surface area contributed by atoms with Gasteiger partial charge in [-0.3, -0.25) is 4.79 Å². The number of carboxylic acid groups (broad SMARTS) is 1. The van der Waals surface area contributed by atoms with E-state index in [4.69, 9.17) is 28.4 Å². The molecule has 0 aliphatic rings. The first-order chi connectivity index (χ1) is 35.8. The topological polar surface area (TPSA) is 259 Å². The van der Waals surface area contributed by atoms with E-state index in [2.05, 4.69) is 56.1 Å². The molecule has 0 saturated carbocycles. The lowest BCUT2D eigenvalue weighted by Crippen LogP contribution is -2.19. The lowest BCUT2D eigenvalue weighted by Gasteiger charge is -2.14. The Morgan fingerprint density at radius 2 is 0.920 bits per heavy atom. The molecule has 0 aliphatic carbocycles. The quantitative estimate of drug-likeness (QED) is 0.0667. The summed E-state index contributed by atoms with van der Waals surface area (Å²) in [6.45, 7) is 0. The fourth-order valence-electron chi connectivity index (χ4n) is 6.80. The number of hydrogen-bond donors (Lipinski definition) is 4. The number of halogens is 6. The summed E-state index contributed by atoms with van der Waals surface area (Å²) in [5.74, 6) is 0.106. The van der Waals surface area contributed by atoms with Crippen LogP contribution in [0, 0.1) is 0 Å². The maximum atomic E-state index is 13.3. The number of pyridine rings is 2. The molecular weight excluding hydrogens is 1000 g/mol.